The van der Waals surface area contributed by atoms with Gasteiger partial charge in [0.25, 0.3) is 10.1 Å². The van der Waals surface area contributed by atoms with Crippen LogP contribution in [0.5, 0.6) is 0 Å². The molecule has 0 radical (unpaired) electrons. The van der Waals surface area contributed by atoms with Crippen molar-refractivity contribution in [1.82, 2.24) is 0 Å². The third kappa shape index (κ3) is 11.8. The van der Waals surface area contributed by atoms with Crippen molar-refractivity contribution < 1.29 is 17.5 Å². The maximum atomic E-state index is 10.8. The zero-order chi connectivity index (χ0) is 24.7. The lowest BCUT2D eigenvalue weighted by molar-refractivity contribution is -0.696. The molecule has 0 amide bonds. The first-order chi connectivity index (χ1) is 16.4. The monoisotopic (exact) mass is 487 g/mol. The van der Waals surface area contributed by atoms with Crippen LogP contribution in [-0.2, 0) is 16.7 Å². The Bertz CT molecular complexity index is 927. The molecule has 0 aliphatic carbocycles. The average molecular weight is 488 g/mol. The summed E-state index contributed by atoms with van der Waals surface area (Å²) < 4.78 is 32.4. The number of aromatic nitrogens is 1. The van der Waals surface area contributed by atoms with Gasteiger partial charge in [0.1, 0.15) is 6.54 Å². The number of unbranched alkanes of at least 4 members (excludes halogenated alkanes) is 6. The van der Waals surface area contributed by atoms with Gasteiger partial charge >= 0.3 is 0 Å². The summed E-state index contributed by atoms with van der Waals surface area (Å²) in [6.07, 6.45) is 18.8. The molecule has 1 N–H and O–H groups in total. The molecule has 5 nitrogen and oxygen atoms in total. The first kappa shape index (κ1) is 28.1. The van der Waals surface area contributed by atoms with Crippen LogP contribution >= 0.6 is 0 Å². The summed E-state index contributed by atoms with van der Waals surface area (Å²) in [5.74, 6) is -0.216. The Hall–Kier alpha value is -2.18. The molecule has 0 aliphatic rings. The Morgan fingerprint density at radius 3 is 1.79 bits per heavy atom. The highest BCUT2D eigenvalue weighted by molar-refractivity contribution is 7.85. The predicted molar refractivity (Wildman–Crippen MR) is 144 cm³/mol. The molecule has 2 aromatic rings. The second-order valence-corrected chi connectivity index (χ2v) is 10.6. The van der Waals surface area contributed by atoms with Crippen LogP contribution in [0.15, 0.2) is 48.8 Å². The summed E-state index contributed by atoms with van der Waals surface area (Å²) >= 11 is 0. The molecule has 1 aromatic heterocycles. The minimum Gasteiger partial charge on any atom is -0.372 e. The van der Waals surface area contributed by atoms with Crippen molar-refractivity contribution in [3.8, 4) is 0 Å². The summed E-state index contributed by atoms with van der Waals surface area (Å²) in [5.41, 5.74) is 3.57. The zero-order valence-corrected chi connectivity index (χ0v) is 21.8. The molecule has 0 atom stereocenters. The van der Waals surface area contributed by atoms with Crippen LogP contribution in [0.2, 0.25) is 0 Å². The molecule has 0 spiro atoms. The summed E-state index contributed by atoms with van der Waals surface area (Å²) in [7, 11) is -3.89. The Balaban J connectivity index is 1.92. The molecule has 0 saturated heterocycles. The number of hydrogen-bond acceptors (Lipinski definition) is 3. The third-order valence-corrected chi connectivity index (χ3v) is 6.83. The first-order valence-corrected chi connectivity index (χ1v) is 14.5. The summed E-state index contributed by atoms with van der Waals surface area (Å²) in [6, 6.07) is 12.9. The molecular formula is C28H43N2O3S+. The lowest BCUT2D eigenvalue weighted by atomic mass is 10.1. The van der Waals surface area contributed by atoms with Gasteiger partial charge in [-0.2, -0.15) is 8.42 Å². The van der Waals surface area contributed by atoms with E-state index in [-0.39, 0.29) is 5.75 Å². The van der Waals surface area contributed by atoms with Crippen LogP contribution in [0, 0.1) is 0 Å². The summed E-state index contributed by atoms with van der Waals surface area (Å²) in [6.45, 7) is 7.34. The Kier molecular flexibility index (Phi) is 12.9. The minimum atomic E-state index is -3.89. The molecule has 2 rings (SSSR count). The van der Waals surface area contributed by atoms with Crippen molar-refractivity contribution >= 4 is 28.0 Å². The van der Waals surface area contributed by atoms with Crippen molar-refractivity contribution in [3.63, 3.8) is 0 Å². The fourth-order valence-electron chi connectivity index (χ4n) is 3.98. The van der Waals surface area contributed by atoms with E-state index in [4.69, 9.17) is 4.55 Å². The second-order valence-electron chi connectivity index (χ2n) is 9.04. The van der Waals surface area contributed by atoms with E-state index >= 15 is 0 Å². The van der Waals surface area contributed by atoms with Crippen molar-refractivity contribution in [2.45, 2.75) is 78.2 Å². The largest absolute Gasteiger partial charge is 0.372 e. The van der Waals surface area contributed by atoms with Crippen LogP contribution in [-0.4, -0.2) is 31.8 Å². The van der Waals surface area contributed by atoms with E-state index in [1.165, 1.54) is 62.6 Å². The molecular weight excluding hydrogens is 444 g/mol. The number of anilines is 1. The Morgan fingerprint density at radius 2 is 1.29 bits per heavy atom. The normalized spacial score (nSPS) is 11.9. The van der Waals surface area contributed by atoms with E-state index < -0.39 is 10.1 Å². The molecule has 1 heterocycles. The molecule has 6 heteroatoms. The van der Waals surface area contributed by atoms with E-state index in [1.54, 1.807) is 0 Å². The number of benzene rings is 1. The van der Waals surface area contributed by atoms with Crippen molar-refractivity contribution in [1.29, 1.82) is 0 Å². The third-order valence-electron chi connectivity index (χ3n) is 6.03. The number of nitrogens with zero attached hydrogens (tertiary/aromatic N) is 2. The fourth-order valence-corrected chi connectivity index (χ4v) is 4.47. The van der Waals surface area contributed by atoms with Crippen molar-refractivity contribution in [3.05, 3.63) is 59.9 Å². The molecule has 34 heavy (non-hydrogen) atoms. The smallest absolute Gasteiger partial charge is 0.265 e. The van der Waals surface area contributed by atoms with Gasteiger partial charge in [-0.1, -0.05) is 76.7 Å². The fraction of sp³-hybridized carbons (Fsp3) is 0.536. The van der Waals surface area contributed by atoms with E-state index in [0.717, 1.165) is 18.7 Å². The van der Waals surface area contributed by atoms with Gasteiger partial charge in [-0.15, -0.1) is 0 Å². The SMILES string of the molecule is CCCCCCN(CCCCCC)c1ccc(/C=C/c2cc[n+](CCCS(=O)(=O)O)cc2)cc1. The van der Waals surface area contributed by atoms with Crippen LogP contribution in [0.25, 0.3) is 12.2 Å². The van der Waals surface area contributed by atoms with Crippen LogP contribution in [0.3, 0.4) is 0 Å². The van der Waals surface area contributed by atoms with E-state index in [1.807, 2.05) is 29.1 Å². The molecule has 0 bridgehead atoms. The maximum Gasteiger partial charge on any atom is 0.265 e. The van der Waals surface area contributed by atoms with Gasteiger partial charge in [0, 0.05) is 37.3 Å². The average Bonchev–Trinajstić information content (AvgIpc) is 2.82. The molecule has 1 aromatic carbocycles. The maximum absolute atomic E-state index is 10.8. The van der Waals surface area contributed by atoms with Gasteiger partial charge in [-0.3, -0.25) is 4.55 Å². The summed E-state index contributed by atoms with van der Waals surface area (Å²) in [4.78, 5) is 2.55. The predicted octanol–water partition coefficient (Wildman–Crippen LogP) is 6.39. The lowest BCUT2D eigenvalue weighted by Crippen LogP contribution is -2.33. The van der Waals surface area contributed by atoms with Gasteiger partial charge in [-0.05, 0) is 36.1 Å². The molecule has 0 fully saturated rings. The van der Waals surface area contributed by atoms with Crippen LogP contribution < -0.4 is 9.47 Å². The lowest BCUT2D eigenvalue weighted by Gasteiger charge is -2.25. The standard InChI is InChI=1S/C28H42N2O3S/c1-3-5-7-9-21-30(22-10-8-6-4-2)28-16-14-26(15-17-28)12-13-27-18-23-29(24-19-27)20-11-25-34(31,32)33/h12-19,23-24H,3-11,20-22,25H2,1-2H3/p+1. The highest BCUT2D eigenvalue weighted by Gasteiger charge is 2.08. The van der Waals surface area contributed by atoms with Crippen molar-refractivity contribution in [2.75, 3.05) is 23.7 Å². The Labute approximate surface area is 207 Å². The Morgan fingerprint density at radius 1 is 0.765 bits per heavy atom. The van der Waals surface area contributed by atoms with Gasteiger partial charge in [0.05, 0.1) is 5.75 Å². The first-order valence-electron chi connectivity index (χ1n) is 12.9. The highest BCUT2D eigenvalue weighted by Crippen LogP contribution is 2.19. The van der Waals surface area contributed by atoms with Gasteiger partial charge in [0.2, 0.25) is 0 Å². The molecule has 188 valence electrons. The van der Waals surface area contributed by atoms with Gasteiger partial charge < -0.3 is 4.90 Å². The van der Waals surface area contributed by atoms with E-state index in [9.17, 15) is 8.42 Å². The quantitative estimate of drug-likeness (QED) is 0.160. The highest BCUT2D eigenvalue weighted by atomic mass is 32.2. The van der Waals surface area contributed by atoms with E-state index in [2.05, 4.69) is 55.2 Å². The van der Waals surface area contributed by atoms with E-state index in [0.29, 0.717) is 13.0 Å². The number of aryl methyl sites for hydroxylation is 1. The van der Waals surface area contributed by atoms with Crippen molar-refractivity contribution in [2.24, 2.45) is 0 Å². The van der Waals surface area contributed by atoms with Gasteiger partial charge in [-0.25, -0.2) is 4.57 Å². The number of rotatable bonds is 17. The van der Waals surface area contributed by atoms with Gasteiger partial charge in [0.15, 0.2) is 12.4 Å². The summed E-state index contributed by atoms with van der Waals surface area (Å²) in [5, 5.41) is 0. The topological polar surface area (TPSA) is 61.5 Å². The molecule has 0 unspecified atom stereocenters. The minimum absolute atomic E-state index is 0.216. The molecule has 0 saturated carbocycles. The zero-order valence-electron chi connectivity index (χ0n) is 21.0. The van der Waals surface area contributed by atoms with Crippen LogP contribution in [0.1, 0.15) is 82.8 Å². The number of hydrogen-bond donors (Lipinski definition) is 1. The number of pyridine rings is 1. The molecule has 0 aliphatic heterocycles. The second kappa shape index (κ2) is 15.7. The van der Waals surface area contributed by atoms with Crippen LogP contribution in [0.4, 0.5) is 5.69 Å².